The number of amidine groups is 1. The van der Waals surface area contributed by atoms with E-state index in [1.54, 1.807) is 11.8 Å². The molecule has 1 amide bonds. The van der Waals surface area contributed by atoms with E-state index >= 15 is 0 Å². The van der Waals surface area contributed by atoms with E-state index in [0.717, 1.165) is 18.3 Å². The maximum Gasteiger partial charge on any atom is 0.250 e. The molecule has 0 bridgehead atoms. The zero-order chi connectivity index (χ0) is 9.10. The van der Waals surface area contributed by atoms with E-state index in [4.69, 9.17) is 0 Å². The van der Waals surface area contributed by atoms with Crippen LogP contribution in [-0.2, 0) is 4.79 Å². The van der Waals surface area contributed by atoms with E-state index in [2.05, 4.69) is 15.4 Å². The minimum absolute atomic E-state index is 0.00533. The molecule has 0 atom stereocenters. The van der Waals surface area contributed by atoms with Crippen LogP contribution in [0, 0.1) is 0 Å². The Morgan fingerprint density at radius 2 is 2.08 bits per heavy atom. The third-order valence-corrected chi connectivity index (χ3v) is 3.25. The molecule has 0 spiro atoms. The first-order valence-electron chi connectivity index (χ1n) is 4.60. The van der Waals surface area contributed by atoms with Gasteiger partial charge in [0.1, 0.15) is 0 Å². The number of thioether (sulfide) groups is 1. The van der Waals surface area contributed by atoms with E-state index in [1.165, 1.54) is 19.3 Å². The Kier molecular flexibility index (Phi) is 2.73. The molecular weight excluding hydrogens is 186 g/mol. The van der Waals surface area contributed by atoms with Crippen LogP contribution < -0.4 is 5.43 Å². The fourth-order valence-corrected chi connectivity index (χ4v) is 2.35. The molecule has 5 heteroatoms. The lowest BCUT2D eigenvalue weighted by Crippen LogP contribution is -2.39. The number of piperidine rings is 1. The molecule has 1 fully saturated rings. The summed E-state index contributed by atoms with van der Waals surface area (Å²) in [5.74, 6) is 0.515. The Balaban J connectivity index is 1.95. The van der Waals surface area contributed by atoms with Crippen LogP contribution in [0.5, 0.6) is 0 Å². The van der Waals surface area contributed by atoms with Gasteiger partial charge in [0.05, 0.1) is 5.75 Å². The lowest BCUT2D eigenvalue weighted by Gasteiger charge is -2.30. The van der Waals surface area contributed by atoms with Crippen LogP contribution in [-0.4, -0.2) is 34.8 Å². The number of likely N-dealkylation sites (tertiary alicyclic amines) is 1. The van der Waals surface area contributed by atoms with Crippen molar-refractivity contribution in [3.8, 4) is 0 Å². The first kappa shape index (κ1) is 8.87. The highest BCUT2D eigenvalue weighted by atomic mass is 32.2. The molecule has 0 aliphatic carbocycles. The Bertz CT molecular complexity index is 236. The van der Waals surface area contributed by atoms with Crippen LogP contribution in [0.1, 0.15) is 19.3 Å². The largest absolute Gasteiger partial charge is 0.350 e. The fourth-order valence-electron chi connectivity index (χ4n) is 1.55. The second kappa shape index (κ2) is 4.00. The van der Waals surface area contributed by atoms with Crippen molar-refractivity contribution < 1.29 is 4.79 Å². The van der Waals surface area contributed by atoms with Gasteiger partial charge in [-0.05, 0) is 19.3 Å². The van der Waals surface area contributed by atoms with Gasteiger partial charge >= 0.3 is 0 Å². The van der Waals surface area contributed by atoms with Crippen LogP contribution in [0.25, 0.3) is 0 Å². The molecule has 2 aliphatic heterocycles. The molecule has 72 valence electrons. The van der Waals surface area contributed by atoms with Gasteiger partial charge in [0.15, 0.2) is 5.17 Å². The SMILES string of the molecule is O=C1CSC(N2CCCCC2)=NN1. The average molecular weight is 199 g/mol. The normalized spacial score (nSPS) is 23.8. The van der Waals surface area contributed by atoms with Crippen molar-refractivity contribution in [2.24, 2.45) is 5.10 Å². The van der Waals surface area contributed by atoms with Crippen molar-refractivity contribution in [3.05, 3.63) is 0 Å². The van der Waals surface area contributed by atoms with Gasteiger partial charge in [0, 0.05) is 13.1 Å². The molecule has 13 heavy (non-hydrogen) atoms. The summed E-state index contributed by atoms with van der Waals surface area (Å²) < 4.78 is 0. The van der Waals surface area contributed by atoms with Gasteiger partial charge in [-0.2, -0.15) is 0 Å². The van der Waals surface area contributed by atoms with Crippen LogP contribution in [0.15, 0.2) is 5.10 Å². The summed E-state index contributed by atoms with van der Waals surface area (Å²) in [7, 11) is 0. The Morgan fingerprint density at radius 3 is 2.69 bits per heavy atom. The highest BCUT2D eigenvalue weighted by molar-refractivity contribution is 8.14. The highest BCUT2D eigenvalue weighted by Crippen LogP contribution is 2.17. The number of carbonyl (C=O) groups is 1. The van der Waals surface area contributed by atoms with E-state index in [1.807, 2.05) is 0 Å². The molecule has 0 radical (unpaired) electrons. The summed E-state index contributed by atoms with van der Waals surface area (Å²) in [6.45, 7) is 2.17. The molecule has 0 aromatic rings. The Morgan fingerprint density at radius 1 is 1.31 bits per heavy atom. The summed E-state index contributed by atoms with van der Waals surface area (Å²) in [5.41, 5.74) is 2.52. The zero-order valence-electron chi connectivity index (χ0n) is 7.45. The minimum Gasteiger partial charge on any atom is -0.350 e. The Hall–Kier alpha value is -0.710. The number of rotatable bonds is 0. The molecule has 1 N–H and O–H groups in total. The number of carbonyl (C=O) groups excluding carboxylic acids is 1. The average Bonchev–Trinajstić information content (AvgIpc) is 2.20. The van der Waals surface area contributed by atoms with E-state index in [9.17, 15) is 4.79 Å². The smallest absolute Gasteiger partial charge is 0.250 e. The molecule has 2 rings (SSSR count). The highest BCUT2D eigenvalue weighted by Gasteiger charge is 2.19. The topological polar surface area (TPSA) is 44.7 Å². The summed E-state index contributed by atoms with van der Waals surface area (Å²) in [6.07, 6.45) is 3.81. The lowest BCUT2D eigenvalue weighted by atomic mass is 10.1. The standard InChI is InChI=1S/C8H13N3OS/c12-7-6-13-8(10-9-7)11-4-2-1-3-5-11/h1-6H2,(H,9,12). The summed E-state index contributed by atoms with van der Waals surface area (Å²) in [6, 6.07) is 0. The number of nitrogens with zero attached hydrogens (tertiary/aromatic N) is 2. The molecule has 2 aliphatic rings. The van der Waals surface area contributed by atoms with Crippen LogP contribution in [0.2, 0.25) is 0 Å². The van der Waals surface area contributed by atoms with Gasteiger partial charge in [-0.1, -0.05) is 11.8 Å². The maximum atomic E-state index is 10.8. The van der Waals surface area contributed by atoms with Crippen molar-refractivity contribution >= 4 is 22.8 Å². The van der Waals surface area contributed by atoms with Crippen molar-refractivity contribution in [2.45, 2.75) is 19.3 Å². The molecule has 0 aromatic heterocycles. The minimum atomic E-state index is 0.00533. The number of amides is 1. The van der Waals surface area contributed by atoms with Gasteiger partial charge in [-0.15, -0.1) is 5.10 Å². The number of hydrazone groups is 1. The second-order valence-electron chi connectivity index (χ2n) is 3.27. The quantitative estimate of drug-likeness (QED) is 0.621. The predicted octanol–water partition coefficient (Wildman–Crippen LogP) is 0.606. The Labute approximate surface area is 81.7 Å². The summed E-state index contributed by atoms with van der Waals surface area (Å²) in [5, 5.41) is 5.03. The van der Waals surface area contributed by atoms with Crippen molar-refractivity contribution in [1.29, 1.82) is 0 Å². The monoisotopic (exact) mass is 199 g/mol. The fraction of sp³-hybridized carbons (Fsp3) is 0.750. The lowest BCUT2D eigenvalue weighted by molar-refractivity contribution is -0.118. The molecule has 2 heterocycles. The van der Waals surface area contributed by atoms with Crippen molar-refractivity contribution in [3.63, 3.8) is 0 Å². The number of hydrogen-bond donors (Lipinski definition) is 1. The summed E-state index contributed by atoms with van der Waals surface area (Å²) in [4.78, 5) is 13.1. The zero-order valence-corrected chi connectivity index (χ0v) is 8.27. The van der Waals surface area contributed by atoms with Crippen LogP contribution in [0.3, 0.4) is 0 Å². The van der Waals surface area contributed by atoms with E-state index < -0.39 is 0 Å². The van der Waals surface area contributed by atoms with Crippen molar-refractivity contribution in [2.75, 3.05) is 18.8 Å². The third-order valence-electron chi connectivity index (χ3n) is 2.24. The first-order valence-corrected chi connectivity index (χ1v) is 5.59. The van der Waals surface area contributed by atoms with Crippen molar-refractivity contribution in [1.82, 2.24) is 10.3 Å². The van der Waals surface area contributed by atoms with Gasteiger partial charge in [-0.25, -0.2) is 5.43 Å². The molecule has 1 saturated heterocycles. The molecular formula is C8H13N3OS. The van der Waals surface area contributed by atoms with E-state index in [-0.39, 0.29) is 5.91 Å². The van der Waals surface area contributed by atoms with Gasteiger partial charge in [0.25, 0.3) is 5.91 Å². The van der Waals surface area contributed by atoms with Crippen LogP contribution >= 0.6 is 11.8 Å². The first-order chi connectivity index (χ1) is 6.36. The number of nitrogens with one attached hydrogen (secondary N) is 1. The molecule has 0 unspecified atom stereocenters. The van der Waals surface area contributed by atoms with Gasteiger partial charge in [-0.3, -0.25) is 4.79 Å². The van der Waals surface area contributed by atoms with Gasteiger partial charge < -0.3 is 4.90 Å². The molecule has 0 aromatic carbocycles. The second-order valence-corrected chi connectivity index (χ2v) is 4.21. The third kappa shape index (κ3) is 2.15. The maximum absolute atomic E-state index is 10.8. The molecule has 0 saturated carbocycles. The van der Waals surface area contributed by atoms with E-state index in [0.29, 0.717) is 5.75 Å². The summed E-state index contributed by atoms with van der Waals surface area (Å²) >= 11 is 1.54. The molecule has 4 nitrogen and oxygen atoms in total. The van der Waals surface area contributed by atoms with Gasteiger partial charge in [0.2, 0.25) is 0 Å². The predicted molar refractivity (Wildman–Crippen MR) is 53.5 cm³/mol. The van der Waals surface area contributed by atoms with Crippen LogP contribution in [0.4, 0.5) is 0 Å². The number of hydrogen-bond acceptors (Lipinski definition) is 4.